The molecule has 1 unspecified atom stereocenters. The van der Waals surface area contributed by atoms with Gasteiger partial charge in [0.2, 0.25) is 17.8 Å². The fourth-order valence-electron chi connectivity index (χ4n) is 2.46. The van der Waals surface area contributed by atoms with Crippen LogP contribution in [0.2, 0.25) is 0 Å². The van der Waals surface area contributed by atoms with Crippen LogP contribution in [0.15, 0.2) is 0 Å². The SMILES string of the molecule is CNc1nc(N(C)C)nc(N2CCCN(C)CC2C)n1. The molecule has 1 fully saturated rings. The lowest BCUT2D eigenvalue weighted by Gasteiger charge is -2.28. The summed E-state index contributed by atoms with van der Waals surface area (Å²) in [6.45, 7) is 5.34. The topological polar surface area (TPSA) is 60.4 Å². The molecule has 0 bridgehead atoms. The summed E-state index contributed by atoms with van der Waals surface area (Å²) in [5.74, 6) is 2.06. The van der Waals surface area contributed by atoms with Crippen LogP contribution in [0.3, 0.4) is 0 Å². The van der Waals surface area contributed by atoms with Gasteiger partial charge in [0.25, 0.3) is 0 Å². The third-order valence-electron chi connectivity index (χ3n) is 3.54. The standard InChI is InChI=1S/C13H25N7/c1-10-9-19(5)7-6-8-20(10)13-16-11(14-2)15-12(17-13)18(3)4/h10H,6-9H2,1-5H3,(H,14,15,16,17). The maximum absolute atomic E-state index is 4.59. The van der Waals surface area contributed by atoms with Crippen molar-refractivity contribution in [1.82, 2.24) is 19.9 Å². The van der Waals surface area contributed by atoms with Crippen molar-refractivity contribution in [2.45, 2.75) is 19.4 Å². The predicted molar refractivity (Wildman–Crippen MR) is 82.6 cm³/mol. The molecule has 1 saturated heterocycles. The Bertz CT molecular complexity index is 448. The summed E-state index contributed by atoms with van der Waals surface area (Å²) in [6, 6.07) is 0.393. The zero-order chi connectivity index (χ0) is 14.7. The highest BCUT2D eigenvalue weighted by atomic mass is 15.4. The molecule has 20 heavy (non-hydrogen) atoms. The van der Waals surface area contributed by atoms with Gasteiger partial charge in [-0.3, -0.25) is 0 Å². The van der Waals surface area contributed by atoms with Gasteiger partial charge >= 0.3 is 0 Å². The van der Waals surface area contributed by atoms with E-state index in [9.17, 15) is 0 Å². The Morgan fingerprint density at radius 2 is 1.95 bits per heavy atom. The summed E-state index contributed by atoms with van der Waals surface area (Å²) in [5, 5.41) is 3.01. The highest BCUT2D eigenvalue weighted by Gasteiger charge is 2.23. The fourth-order valence-corrected chi connectivity index (χ4v) is 2.46. The lowest BCUT2D eigenvalue weighted by Crippen LogP contribution is -2.39. The Kier molecular flexibility index (Phi) is 4.59. The Hall–Kier alpha value is -1.63. The molecule has 7 heteroatoms. The van der Waals surface area contributed by atoms with E-state index in [1.54, 1.807) is 0 Å². The third-order valence-corrected chi connectivity index (χ3v) is 3.54. The van der Waals surface area contributed by atoms with E-state index in [0.29, 0.717) is 17.9 Å². The van der Waals surface area contributed by atoms with Crippen molar-refractivity contribution >= 4 is 17.8 Å². The Morgan fingerprint density at radius 3 is 2.60 bits per heavy atom. The lowest BCUT2D eigenvalue weighted by atomic mass is 10.3. The lowest BCUT2D eigenvalue weighted by molar-refractivity contribution is 0.337. The van der Waals surface area contributed by atoms with Gasteiger partial charge < -0.3 is 20.0 Å². The molecule has 0 aliphatic carbocycles. The van der Waals surface area contributed by atoms with Gasteiger partial charge in [0, 0.05) is 40.3 Å². The molecule has 0 aromatic carbocycles. The maximum atomic E-state index is 4.59. The summed E-state index contributed by atoms with van der Waals surface area (Å²) in [7, 11) is 7.88. The van der Waals surface area contributed by atoms with E-state index in [0.717, 1.165) is 32.0 Å². The normalized spacial score (nSPS) is 20.6. The first-order valence-electron chi connectivity index (χ1n) is 7.07. The molecule has 1 atom stereocenters. The maximum Gasteiger partial charge on any atom is 0.232 e. The minimum Gasteiger partial charge on any atom is -0.357 e. The molecule has 1 N–H and O–H groups in total. The zero-order valence-corrected chi connectivity index (χ0v) is 13.1. The van der Waals surface area contributed by atoms with Crippen LogP contribution in [-0.4, -0.2) is 73.7 Å². The van der Waals surface area contributed by atoms with Crippen LogP contribution >= 0.6 is 0 Å². The first kappa shape index (κ1) is 14.8. The van der Waals surface area contributed by atoms with Gasteiger partial charge in [-0.05, 0) is 26.9 Å². The first-order chi connectivity index (χ1) is 9.51. The molecule has 0 radical (unpaired) electrons. The molecule has 0 spiro atoms. The summed E-state index contributed by atoms with van der Waals surface area (Å²) < 4.78 is 0. The average molecular weight is 279 g/mol. The number of anilines is 3. The Labute approximate surface area is 121 Å². The van der Waals surface area contributed by atoms with Crippen LogP contribution in [0.4, 0.5) is 17.8 Å². The third kappa shape index (κ3) is 3.27. The van der Waals surface area contributed by atoms with Crippen molar-refractivity contribution in [2.24, 2.45) is 0 Å². The van der Waals surface area contributed by atoms with Gasteiger partial charge in [-0.2, -0.15) is 15.0 Å². The zero-order valence-electron chi connectivity index (χ0n) is 13.1. The van der Waals surface area contributed by atoms with E-state index < -0.39 is 0 Å². The van der Waals surface area contributed by atoms with E-state index >= 15 is 0 Å². The summed E-state index contributed by atoms with van der Waals surface area (Å²) in [4.78, 5) is 20.0. The van der Waals surface area contributed by atoms with Crippen molar-refractivity contribution in [3.63, 3.8) is 0 Å². The highest BCUT2D eigenvalue weighted by Crippen LogP contribution is 2.19. The largest absolute Gasteiger partial charge is 0.357 e. The summed E-state index contributed by atoms with van der Waals surface area (Å²) in [6.07, 6.45) is 1.12. The van der Waals surface area contributed by atoms with Crippen LogP contribution in [0, 0.1) is 0 Å². The number of hydrogen-bond acceptors (Lipinski definition) is 7. The van der Waals surface area contributed by atoms with Crippen LogP contribution in [-0.2, 0) is 0 Å². The van der Waals surface area contributed by atoms with E-state index in [2.05, 4.69) is 44.0 Å². The van der Waals surface area contributed by atoms with Crippen LogP contribution < -0.4 is 15.1 Å². The number of nitrogens with one attached hydrogen (secondary N) is 1. The van der Waals surface area contributed by atoms with E-state index in [1.807, 2.05) is 26.0 Å². The molecular weight excluding hydrogens is 254 g/mol. The monoisotopic (exact) mass is 279 g/mol. The van der Waals surface area contributed by atoms with Crippen molar-refractivity contribution < 1.29 is 0 Å². The van der Waals surface area contributed by atoms with Gasteiger partial charge in [0.15, 0.2) is 0 Å². The molecule has 1 aliphatic rings. The summed E-state index contributed by atoms with van der Waals surface area (Å²) in [5.41, 5.74) is 0. The van der Waals surface area contributed by atoms with E-state index in [1.165, 1.54) is 0 Å². The molecular formula is C13H25N7. The second-order valence-electron chi connectivity index (χ2n) is 5.56. The van der Waals surface area contributed by atoms with Crippen molar-refractivity contribution in [2.75, 3.05) is 62.9 Å². The molecule has 0 amide bonds. The van der Waals surface area contributed by atoms with Gasteiger partial charge in [-0.1, -0.05) is 0 Å². The first-order valence-corrected chi connectivity index (χ1v) is 7.07. The molecule has 1 aromatic heterocycles. The average Bonchev–Trinajstić information content (AvgIpc) is 2.58. The Balaban J connectivity index is 2.32. The second kappa shape index (κ2) is 6.21. The highest BCUT2D eigenvalue weighted by molar-refractivity contribution is 5.45. The minimum absolute atomic E-state index is 0.393. The van der Waals surface area contributed by atoms with Crippen molar-refractivity contribution in [3.05, 3.63) is 0 Å². The number of hydrogen-bond donors (Lipinski definition) is 1. The van der Waals surface area contributed by atoms with Gasteiger partial charge in [-0.25, -0.2) is 0 Å². The number of aromatic nitrogens is 3. The van der Waals surface area contributed by atoms with E-state index in [-0.39, 0.29) is 0 Å². The Morgan fingerprint density at radius 1 is 1.20 bits per heavy atom. The number of nitrogens with zero attached hydrogens (tertiary/aromatic N) is 6. The minimum atomic E-state index is 0.393. The molecule has 1 aromatic rings. The molecule has 112 valence electrons. The van der Waals surface area contributed by atoms with Crippen LogP contribution in [0.5, 0.6) is 0 Å². The summed E-state index contributed by atoms with van der Waals surface area (Å²) >= 11 is 0. The molecule has 1 aliphatic heterocycles. The quantitative estimate of drug-likeness (QED) is 0.865. The fraction of sp³-hybridized carbons (Fsp3) is 0.769. The van der Waals surface area contributed by atoms with Crippen molar-refractivity contribution in [3.8, 4) is 0 Å². The van der Waals surface area contributed by atoms with Gasteiger partial charge in [0.1, 0.15) is 0 Å². The van der Waals surface area contributed by atoms with Crippen LogP contribution in [0.1, 0.15) is 13.3 Å². The molecule has 7 nitrogen and oxygen atoms in total. The molecule has 2 heterocycles. The van der Waals surface area contributed by atoms with Gasteiger partial charge in [0.05, 0.1) is 0 Å². The van der Waals surface area contributed by atoms with E-state index in [4.69, 9.17) is 0 Å². The smallest absolute Gasteiger partial charge is 0.232 e. The number of likely N-dealkylation sites (N-methyl/N-ethyl adjacent to an activating group) is 1. The van der Waals surface area contributed by atoms with Crippen LogP contribution in [0.25, 0.3) is 0 Å². The van der Waals surface area contributed by atoms with Gasteiger partial charge in [-0.15, -0.1) is 0 Å². The van der Waals surface area contributed by atoms with Crippen molar-refractivity contribution in [1.29, 1.82) is 0 Å². The predicted octanol–water partition coefficient (Wildman–Crippen LogP) is 0.510. The number of rotatable bonds is 3. The molecule has 2 rings (SSSR count). The molecule has 0 saturated carbocycles. The second-order valence-corrected chi connectivity index (χ2v) is 5.56.